The molecule has 0 aliphatic rings. The molecule has 2 N–H and O–H groups in total. The summed E-state index contributed by atoms with van der Waals surface area (Å²) < 4.78 is 5.51. The SMILES string of the molecule is CC(=O)Nc1ccccc1OCC(=O)N[C@@H](C)c1ccc(Cl)cc1. The van der Waals surface area contributed by atoms with Crippen LogP contribution >= 0.6 is 11.6 Å². The molecule has 2 aromatic carbocycles. The lowest BCUT2D eigenvalue weighted by Crippen LogP contribution is -2.31. The number of ether oxygens (including phenoxy) is 1. The number of carbonyl (C=O) groups excluding carboxylic acids is 2. The molecule has 0 saturated heterocycles. The minimum atomic E-state index is -0.255. The van der Waals surface area contributed by atoms with Crippen molar-refractivity contribution in [2.75, 3.05) is 11.9 Å². The Morgan fingerprint density at radius 1 is 1.12 bits per heavy atom. The van der Waals surface area contributed by atoms with Gasteiger partial charge >= 0.3 is 0 Å². The Labute approximate surface area is 146 Å². The summed E-state index contributed by atoms with van der Waals surface area (Å²) in [4.78, 5) is 23.2. The van der Waals surface area contributed by atoms with Crippen LogP contribution in [0.4, 0.5) is 5.69 Å². The molecular formula is C18H19ClN2O3. The van der Waals surface area contributed by atoms with Crippen molar-refractivity contribution < 1.29 is 14.3 Å². The molecule has 0 aliphatic carbocycles. The van der Waals surface area contributed by atoms with Crippen molar-refractivity contribution >= 4 is 29.1 Å². The van der Waals surface area contributed by atoms with Crippen molar-refractivity contribution in [3.8, 4) is 5.75 Å². The lowest BCUT2D eigenvalue weighted by molar-refractivity contribution is -0.123. The fourth-order valence-corrected chi connectivity index (χ4v) is 2.27. The van der Waals surface area contributed by atoms with Crippen molar-refractivity contribution in [1.29, 1.82) is 0 Å². The third-order valence-electron chi connectivity index (χ3n) is 3.30. The van der Waals surface area contributed by atoms with Crippen LogP contribution in [0.15, 0.2) is 48.5 Å². The molecule has 0 aromatic heterocycles. The first-order chi connectivity index (χ1) is 11.5. The number of hydrogen-bond donors (Lipinski definition) is 2. The van der Waals surface area contributed by atoms with Crippen molar-refractivity contribution in [2.24, 2.45) is 0 Å². The van der Waals surface area contributed by atoms with Gasteiger partial charge in [-0.1, -0.05) is 35.9 Å². The minimum absolute atomic E-state index is 0.144. The number of para-hydroxylation sites is 2. The van der Waals surface area contributed by atoms with E-state index < -0.39 is 0 Å². The fourth-order valence-electron chi connectivity index (χ4n) is 2.15. The van der Waals surface area contributed by atoms with Crippen molar-refractivity contribution in [1.82, 2.24) is 5.32 Å². The molecule has 2 rings (SSSR count). The number of carbonyl (C=O) groups is 2. The smallest absolute Gasteiger partial charge is 0.258 e. The number of amides is 2. The van der Waals surface area contributed by atoms with Crippen molar-refractivity contribution in [3.05, 3.63) is 59.1 Å². The normalized spacial score (nSPS) is 11.5. The number of hydrogen-bond acceptors (Lipinski definition) is 3. The van der Waals surface area contributed by atoms with Gasteiger partial charge in [-0.2, -0.15) is 0 Å². The summed E-state index contributed by atoms with van der Waals surface area (Å²) in [5.41, 5.74) is 1.48. The zero-order chi connectivity index (χ0) is 17.5. The highest BCUT2D eigenvalue weighted by atomic mass is 35.5. The fraction of sp³-hybridized carbons (Fsp3) is 0.222. The van der Waals surface area contributed by atoms with E-state index in [2.05, 4.69) is 10.6 Å². The predicted molar refractivity (Wildman–Crippen MR) is 94.3 cm³/mol. The molecule has 0 bridgehead atoms. The Hall–Kier alpha value is -2.53. The summed E-state index contributed by atoms with van der Waals surface area (Å²) in [7, 11) is 0. The molecule has 0 unspecified atom stereocenters. The minimum Gasteiger partial charge on any atom is -0.482 e. The van der Waals surface area contributed by atoms with Crippen LogP contribution in [-0.4, -0.2) is 18.4 Å². The summed E-state index contributed by atoms with van der Waals surface area (Å²) in [6, 6.07) is 14.1. The van der Waals surface area contributed by atoms with Gasteiger partial charge in [-0.25, -0.2) is 0 Å². The molecule has 0 fully saturated rings. The summed E-state index contributed by atoms with van der Waals surface area (Å²) in [6.45, 7) is 3.15. The van der Waals surface area contributed by atoms with Gasteiger partial charge in [0.2, 0.25) is 5.91 Å². The summed E-state index contributed by atoms with van der Waals surface area (Å²) in [5.74, 6) is -0.0102. The van der Waals surface area contributed by atoms with E-state index in [0.29, 0.717) is 16.5 Å². The highest BCUT2D eigenvalue weighted by Crippen LogP contribution is 2.23. The van der Waals surface area contributed by atoms with E-state index in [9.17, 15) is 9.59 Å². The average molecular weight is 347 g/mol. The largest absolute Gasteiger partial charge is 0.482 e. The first-order valence-electron chi connectivity index (χ1n) is 7.50. The predicted octanol–water partition coefficient (Wildman–Crippen LogP) is 3.55. The number of rotatable bonds is 6. The van der Waals surface area contributed by atoms with Gasteiger partial charge in [-0.3, -0.25) is 9.59 Å². The van der Waals surface area contributed by atoms with Crippen molar-refractivity contribution in [2.45, 2.75) is 19.9 Å². The summed E-state index contributed by atoms with van der Waals surface area (Å²) in [6.07, 6.45) is 0. The zero-order valence-electron chi connectivity index (χ0n) is 13.5. The standard InChI is InChI=1S/C18H19ClN2O3/c1-12(14-7-9-15(19)10-8-14)20-18(23)11-24-17-6-4-3-5-16(17)21-13(2)22/h3-10,12H,11H2,1-2H3,(H,20,23)(H,21,22)/t12-/m0/s1. The van der Waals surface area contributed by atoms with Crippen LogP contribution in [0.1, 0.15) is 25.5 Å². The second kappa shape index (κ2) is 8.36. The van der Waals surface area contributed by atoms with Gasteiger partial charge in [-0.15, -0.1) is 0 Å². The summed E-state index contributed by atoms with van der Waals surface area (Å²) >= 11 is 5.85. The molecule has 126 valence electrons. The van der Waals surface area contributed by atoms with E-state index in [1.54, 1.807) is 36.4 Å². The van der Waals surface area contributed by atoms with Crippen LogP contribution in [0.3, 0.4) is 0 Å². The molecule has 0 heterocycles. The Kier molecular flexibility index (Phi) is 6.21. The molecule has 6 heteroatoms. The monoisotopic (exact) mass is 346 g/mol. The second-order valence-corrected chi connectivity index (χ2v) is 5.74. The molecule has 0 aliphatic heterocycles. The van der Waals surface area contributed by atoms with Gasteiger partial charge in [0, 0.05) is 11.9 Å². The van der Waals surface area contributed by atoms with Crippen molar-refractivity contribution in [3.63, 3.8) is 0 Å². The van der Waals surface area contributed by atoms with E-state index in [0.717, 1.165) is 5.56 Å². The maximum Gasteiger partial charge on any atom is 0.258 e. The number of anilines is 1. The molecular weight excluding hydrogens is 328 g/mol. The number of nitrogens with one attached hydrogen (secondary N) is 2. The molecule has 5 nitrogen and oxygen atoms in total. The van der Waals surface area contributed by atoms with E-state index >= 15 is 0 Å². The van der Waals surface area contributed by atoms with Gasteiger partial charge in [0.05, 0.1) is 11.7 Å². The first-order valence-corrected chi connectivity index (χ1v) is 7.87. The first kappa shape index (κ1) is 17.8. The topological polar surface area (TPSA) is 67.4 Å². The van der Waals surface area contributed by atoms with Crippen LogP contribution in [0.2, 0.25) is 5.02 Å². The third-order valence-corrected chi connectivity index (χ3v) is 3.56. The van der Waals surface area contributed by atoms with E-state index in [-0.39, 0.29) is 24.5 Å². The van der Waals surface area contributed by atoms with Gasteiger partial charge in [0.1, 0.15) is 5.75 Å². The lowest BCUT2D eigenvalue weighted by atomic mass is 10.1. The van der Waals surface area contributed by atoms with Crippen LogP contribution in [0.25, 0.3) is 0 Å². The van der Waals surface area contributed by atoms with Crippen LogP contribution in [0, 0.1) is 0 Å². The Bertz CT molecular complexity index is 716. The van der Waals surface area contributed by atoms with Crippen LogP contribution in [0.5, 0.6) is 5.75 Å². The lowest BCUT2D eigenvalue weighted by Gasteiger charge is -2.16. The Morgan fingerprint density at radius 2 is 1.79 bits per heavy atom. The third kappa shape index (κ3) is 5.28. The quantitative estimate of drug-likeness (QED) is 0.840. The molecule has 0 radical (unpaired) electrons. The van der Waals surface area contributed by atoms with Crippen LogP contribution in [-0.2, 0) is 9.59 Å². The molecule has 2 aromatic rings. The van der Waals surface area contributed by atoms with Gasteiger partial charge in [0.15, 0.2) is 6.61 Å². The average Bonchev–Trinajstić information content (AvgIpc) is 2.54. The molecule has 1 atom stereocenters. The zero-order valence-corrected chi connectivity index (χ0v) is 14.3. The Morgan fingerprint density at radius 3 is 2.46 bits per heavy atom. The van der Waals surface area contributed by atoms with Gasteiger partial charge in [0.25, 0.3) is 5.91 Å². The molecule has 24 heavy (non-hydrogen) atoms. The van der Waals surface area contributed by atoms with E-state index in [4.69, 9.17) is 16.3 Å². The maximum absolute atomic E-state index is 12.1. The van der Waals surface area contributed by atoms with E-state index in [1.165, 1.54) is 6.92 Å². The molecule has 2 amide bonds. The highest BCUT2D eigenvalue weighted by molar-refractivity contribution is 6.30. The summed E-state index contributed by atoms with van der Waals surface area (Å²) in [5, 5.41) is 6.16. The number of halogens is 1. The van der Waals surface area contributed by atoms with Crippen LogP contribution < -0.4 is 15.4 Å². The number of benzene rings is 2. The highest BCUT2D eigenvalue weighted by Gasteiger charge is 2.11. The molecule has 0 spiro atoms. The molecule has 0 saturated carbocycles. The van der Waals surface area contributed by atoms with Gasteiger partial charge in [-0.05, 0) is 36.8 Å². The maximum atomic E-state index is 12.1. The second-order valence-electron chi connectivity index (χ2n) is 5.31. The Balaban J connectivity index is 1.91. The van der Waals surface area contributed by atoms with Gasteiger partial charge < -0.3 is 15.4 Å². The van der Waals surface area contributed by atoms with E-state index in [1.807, 2.05) is 19.1 Å².